The molecule has 0 aliphatic rings. The Labute approximate surface area is 261 Å². The van der Waals surface area contributed by atoms with Crippen molar-refractivity contribution in [1.29, 1.82) is 0 Å². The maximum Gasteiger partial charge on any atom is 0.343 e. The Morgan fingerprint density at radius 1 is 0.818 bits per heavy atom. The minimum Gasteiger partial charge on any atom is -0.497 e. The van der Waals surface area contributed by atoms with Gasteiger partial charge < -0.3 is 28.7 Å². The first-order valence-electron chi connectivity index (χ1n) is 13.3. The minimum absolute atomic E-state index is 0.183. The van der Waals surface area contributed by atoms with Crippen LogP contribution in [0.25, 0.3) is 22.0 Å². The van der Waals surface area contributed by atoms with Crippen LogP contribution in [0.4, 0.5) is 0 Å². The van der Waals surface area contributed by atoms with Gasteiger partial charge in [-0.25, -0.2) is 10.2 Å². The molecular formula is C33H28BrN3O7. The van der Waals surface area contributed by atoms with Crippen LogP contribution in [0, 0.1) is 0 Å². The van der Waals surface area contributed by atoms with E-state index in [4.69, 9.17) is 23.7 Å². The van der Waals surface area contributed by atoms with Crippen LogP contribution in [0.5, 0.6) is 28.7 Å². The highest BCUT2D eigenvalue weighted by Crippen LogP contribution is 2.39. The second-order valence-corrected chi connectivity index (χ2v) is 10.3. The van der Waals surface area contributed by atoms with E-state index in [1.165, 1.54) is 39.7 Å². The van der Waals surface area contributed by atoms with Crippen molar-refractivity contribution in [2.24, 2.45) is 5.10 Å². The highest BCUT2D eigenvalue weighted by atomic mass is 79.9. The van der Waals surface area contributed by atoms with E-state index in [-0.39, 0.29) is 11.3 Å². The molecule has 0 atom stereocenters. The van der Waals surface area contributed by atoms with Crippen LogP contribution in [0.15, 0.2) is 88.4 Å². The first kappa shape index (κ1) is 30.2. The lowest BCUT2D eigenvalue weighted by Crippen LogP contribution is -2.19. The van der Waals surface area contributed by atoms with Crippen molar-refractivity contribution in [2.45, 2.75) is 0 Å². The van der Waals surface area contributed by atoms with Crippen molar-refractivity contribution in [1.82, 2.24) is 10.4 Å². The number of hydrogen-bond donors (Lipinski definition) is 2. The number of benzene rings is 4. The third-order valence-electron chi connectivity index (χ3n) is 6.74. The molecule has 1 heterocycles. The first-order chi connectivity index (χ1) is 21.4. The number of hydrazone groups is 1. The average molecular weight is 659 g/mol. The van der Waals surface area contributed by atoms with E-state index >= 15 is 0 Å². The highest BCUT2D eigenvalue weighted by molar-refractivity contribution is 9.10. The second-order valence-electron chi connectivity index (χ2n) is 9.34. The molecule has 11 heteroatoms. The van der Waals surface area contributed by atoms with E-state index in [1.54, 1.807) is 25.3 Å². The van der Waals surface area contributed by atoms with Crippen molar-refractivity contribution in [3.8, 4) is 39.9 Å². The third kappa shape index (κ3) is 6.23. The molecule has 0 aliphatic carbocycles. The third-order valence-corrected chi connectivity index (χ3v) is 7.23. The summed E-state index contributed by atoms with van der Waals surface area (Å²) in [6.45, 7) is 0. The van der Waals surface area contributed by atoms with E-state index in [0.717, 1.165) is 22.0 Å². The van der Waals surface area contributed by atoms with Gasteiger partial charge in [0.05, 0.1) is 40.2 Å². The van der Waals surface area contributed by atoms with Crippen LogP contribution in [0.2, 0.25) is 0 Å². The van der Waals surface area contributed by atoms with Crippen LogP contribution in [0.3, 0.4) is 0 Å². The Kier molecular flexibility index (Phi) is 9.15. The Morgan fingerprint density at radius 2 is 1.55 bits per heavy atom. The second kappa shape index (κ2) is 13.3. The number of halogens is 1. The summed E-state index contributed by atoms with van der Waals surface area (Å²) in [6.07, 6.45) is 1.40. The molecule has 5 aromatic rings. The van der Waals surface area contributed by atoms with Gasteiger partial charge in [0, 0.05) is 26.5 Å². The summed E-state index contributed by atoms with van der Waals surface area (Å²) in [5.74, 6) is 0.735. The summed E-state index contributed by atoms with van der Waals surface area (Å²) in [5, 5.41) is 5.01. The van der Waals surface area contributed by atoms with Gasteiger partial charge in [-0.2, -0.15) is 5.10 Å². The number of ether oxygens (including phenoxy) is 5. The van der Waals surface area contributed by atoms with Crippen LogP contribution in [-0.2, 0) is 0 Å². The summed E-state index contributed by atoms with van der Waals surface area (Å²) in [6, 6.07) is 23.2. The zero-order chi connectivity index (χ0) is 31.2. The maximum atomic E-state index is 13.4. The van der Waals surface area contributed by atoms with E-state index in [0.29, 0.717) is 38.7 Å². The molecule has 0 radical (unpaired) electrons. The monoisotopic (exact) mass is 657 g/mol. The van der Waals surface area contributed by atoms with Gasteiger partial charge in [-0.3, -0.25) is 4.79 Å². The largest absolute Gasteiger partial charge is 0.497 e. The number of carbonyl (C=O) groups excluding carboxylic acids is 2. The smallest absolute Gasteiger partial charge is 0.343 e. The summed E-state index contributed by atoms with van der Waals surface area (Å²) in [5.41, 5.74) is 5.88. The quantitative estimate of drug-likeness (QED) is 0.0750. The number of H-pyrrole nitrogens is 1. The molecule has 2 N–H and O–H groups in total. The lowest BCUT2D eigenvalue weighted by Gasteiger charge is -2.14. The van der Waals surface area contributed by atoms with Gasteiger partial charge in [-0.1, -0.05) is 46.3 Å². The van der Waals surface area contributed by atoms with Gasteiger partial charge in [0.25, 0.3) is 5.91 Å². The van der Waals surface area contributed by atoms with E-state index in [9.17, 15) is 9.59 Å². The van der Waals surface area contributed by atoms with Gasteiger partial charge in [0.2, 0.25) is 5.75 Å². The molecule has 10 nitrogen and oxygen atoms in total. The average Bonchev–Trinajstić information content (AvgIpc) is 3.44. The fourth-order valence-corrected chi connectivity index (χ4v) is 5.04. The van der Waals surface area contributed by atoms with E-state index in [1.807, 2.05) is 48.5 Å². The molecule has 0 saturated heterocycles. The predicted molar refractivity (Wildman–Crippen MR) is 171 cm³/mol. The van der Waals surface area contributed by atoms with Crippen molar-refractivity contribution in [2.75, 3.05) is 28.4 Å². The fraction of sp³-hybridized carbons (Fsp3) is 0.121. The van der Waals surface area contributed by atoms with Crippen LogP contribution in [0.1, 0.15) is 26.4 Å². The normalized spacial score (nSPS) is 10.9. The molecule has 0 aliphatic heterocycles. The van der Waals surface area contributed by atoms with Crippen molar-refractivity contribution in [3.05, 3.63) is 100 Å². The number of rotatable bonds is 10. The Balaban J connectivity index is 1.41. The maximum absolute atomic E-state index is 13.4. The summed E-state index contributed by atoms with van der Waals surface area (Å²) in [4.78, 5) is 29.8. The predicted octanol–water partition coefficient (Wildman–Crippen LogP) is 6.61. The van der Waals surface area contributed by atoms with Crippen LogP contribution in [-0.4, -0.2) is 51.5 Å². The zero-order valence-electron chi connectivity index (χ0n) is 24.3. The molecule has 0 fully saturated rings. The molecule has 0 bridgehead atoms. The number of methoxy groups -OCH3 is 4. The lowest BCUT2D eigenvalue weighted by molar-refractivity contribution is 0.0733. The highest BCUT2D eigenvalue weighted by Gasteiger charge is 2.21. The van der Waals surface area contributed by atoms with Crippen molar-refractivity contribution < 1.29 is 33.3 Å². The van der Waals surface area contributed by atoms with Crippen LogP contribution < -0.4 is 29.1 Å². The number of nitrogens with zero attached hydrogens (tertiary/aromatic N) is 1. The topological polar surface area (TPSA) is 120 Å². The van der Waals surface area contributed by atoms with Crippen LogP contribution >= 0.6 is 15.9 Å². The van der Waals surface area contributed by atoms with Gasteiger partial charge in [0.15, 0.2) is 11.5 Å². The zero-order valence-corrected chi connectivity index (χ0v) is 25.9. The standard InChI is InChI=1S/C33H28BrN3O7/c1-40-23-11-12-25-24(17-23)29(19-8-6-5-7-9-19)30(36-25)32(38)37-35-18-21-14-22(34)10-13-26(21)44-33(39)20-15-27(41-2)31(43-4)28(16-20)42-3/h5-18,36H,1-4H3,(H,37,38). The van der Waals surface area contributed by atoms with E-state index < -0.39 is 11.9 Å². The summed E-state index contributed by atoms with van der Waals surface area (Å²) < 4.78 is 27.9. The molecule has 224 valence electrons. The number of carbonyl (C=O) groups is 2. The Morgan fingerprint density at radius 3 is 2.20 bits per heavy atom. The molecular weight excluding hydrogens is 630 g/mol. The molecule has 4 aromatic carbocycles. The van der Waals surface area contributed by atoms with Gasteiger partial charge in [-0.15, -0.1) is 0 Å². The Bertz CT molecular complexity index is 1840. The number of nitrogens with one attached hydrogen (secondary N) is 2. The van der Waals surface area contributed by atoms with Gasteiger partial charge in [0.1, 0.15) is 17.2 Å². The number of aromatic nitrogens is 1. The number of fused-ring (bicyclic) bond motifs is 1. The molecule has 44 heavy (non-hydrogen) atoms. The molecule has 1 aromatic heterocycles. The SMILES string of the molecule is COc1ccc2[nH]c(C(=O)NN=Cc3cc(Br)ccc3OC(=O)c3cc(OC)c(OC)c(OC)c3)c(-c3ccccc3)c2c1. The Hall–Kier alpha value is -5.29. The number of amides is 1. The van der Waals surface area contributed by atoms with Gasteiger partial charge >= 0.3 is 5.97 Å². The van der Waals surface area contributed by atoms with Crippen molar-refractivity contribution >= 4 is 44.9 Å². The summed E-state index contributed by atoms with van der Waals surface area (Å²) >= 11 is 3.43. The number of aromatic amines is 1. The molecule has 1 amide bonds. The summed E-state index contributed by atoms with van der Waals surface area (Å²) in [7, 11) is 5.98. The minimum atomic E-state index is -0.661. The first-order valence-corrected chi connectivity index (χ1v) is 14.1. The number of esters is 1. The van der Waals surface area contributed by atoms with Gasteiger partial charge in [-0.05, 0) is 54.1 Å². The van der Waals surface area contributed by atoms with E-state index in [2.05, 4.69) is 31.4 Å². The molecule has 0 saturated carbocycles. The van der Waals surface area contributed by atoms with Crippen molar-refractivity contribution in [3.63, 3.8) is 0 Å². The lowest BCUT2D eigenvalue weighted by atomic mass is 10.0. The number of hydrogen-bond acceptors (Lipinski definition) is 8. The molecule has 5 rings (SSSR count). The molecule has 0 spiro atoms. The molecule has 0 unspecified atom stereocenters. The fourth-order valence-electron chi connectivity index (χ4n) is 4.66.